The Hall–Kier alpha value is -2.20. The number of nitrogens with zero attached hydrogens (tertiary/aromatic N) is 3. The summed E-state index contributed by atoms with van der Waals surface area (Å²) in [6, 6.07) is 16.4. The molecule has 0 aliphatic carbocycles. The molecule has 0 N–H and O–H groups in total. The third kappa shape index (κ3) is 3.19. The van der Waals surface area contributed by atoms with Crippen molar-refractivity contribution in [2.45, 2.75) is 44.3 Å². The van der Waals surface area contributed by atoms with Crippen LogP contribution >= 0.6 is 0 Å². The third-order valence-corrected chi connectivity index (χ3v) is 5.62. The molecule has 130 valence electrons. The highest BCUT2D eigenvalue weighted by Gasteiger charge is 2.50. The first kappa shape index (κ1) is 16.3. The molecule has 1 spiro atoms. The summed E-state index contributed by atoms with van der Waals surface area (Å²) in [5.41, 5.74) is 1.96. The van der Waals surface area contributed by atoms with Gasteiger partial charge in [-0.05, 0) is 49.9 Å². The average Bonchev–Trinajstić information content (AvgIpc) is 3.04. The van der Waals surface area contributed by atoms with Gasteiger partial charge >= 0.3 is 0 Å². The standard InChI is InChI=1S/C21H25N3O/c25-20-21(11-6-14-23(20)17-19-10-4-5-13-22-19)12-7-15-24(21)16-18-8-2-1-3-9-18/h1-5,8-10,13H,6-7,11-12,14-17H2. The first-order valence-electron chi connectivity index (χ1n) is 9.26. The molecule has 4 nitrogen and oxygen atoms in total. The van der Waals surface area contributed by atoms with Crippen molar-refractivity contribution in [1.82, 2.24) is 14.8 Å². The van der Waals surface area contributed by atoms with Gasteiger partial charge in [-0.25, -0.2) is 0 Å². The van der Waals surface area contributed by atoms with Gasteiger partial charge < -0.3 is 4.90 Å². The van der Waals surface area contributed by atoms with Crippen LogP contribution in [0.3, 0.4) is 0 Å². The molecule has 4 rings (SSSR count). The molecular formula is C21H25N3O. The summed E-state index contributed by atoms with van der Waals surface area (Å²) >= 11 is 0. The van der Waals surface area contributed by atoms with Crippen molar-refractivity contribution >= 4 is 5.91 Å². The lowest BCUT2D eigenvalue weighted by molar-refractivity contribution is -0.148. The van der Waals surface area contributed by atoms with Crippen LogP contribution in [-0.4, -0.2) is 39.3 Å². The smallest absolute Gasteiger partial charge is 0.243 e. The maximum absolute atomic E-state index is 13.4. The number of benzene rings is 1. The number of piperidine rings is 1. The van der Waals surface area contributed by atoms with Gasteiger partial charge in [0.2, 0.25) is 5.91 Å². The van der Waals surface area contributed by atoms with E-state index in [1.54, 1.807) is 6.20 Å². The summed E-state index contributed by atoms with van der Waals surface area (Å²) in [6.07, 6.45) is 5.95. The molecule has 1 amide bonds. The molecule has 0 bridgehead atoms. The topological polar surface area (TPSA) is 36.4 Å². The van der Waals surface area contributed by atoms with Crippen molar-refractivity contribution < 1.29 is 4.79 Å². The van der Waals surface area contributed by atoms with E-state index < -0.39 is 0 Å². The first-order chi connectivity index (χ1) is 12.3. The van der Waals surface area contributed by atoms with E-state index in [9.17, 15) is 4.79 Å². The minimum Gasteiger partial charge on any atom is -0.335 e. The van der Waals surface area contributed by atoms with E-state index in [1.165, 1.54) is 5.56 Å². The largest absolute Gasteiger partial charge is 0.335 e. The van der Waals surface area contributed by atoms with Gasteiger partial charge in [-0.15, -0.1) is 0 Å². The number of hydrogen-bond donors (Lipinski definition) is 0. The van der Waals surface area contributed by atoms with Crippen molar-refractivity contribution in [2.75, 3.05) is 13.1 Å². The van der Waals surface area contributed by atoms with E-state index in [4.69, 9.17) is 0 Å². The molecule has 2 aromatic rings. The average molecular weight is 335 g/mol. The van der Waals surface area contributed by atoms with Gasteiger partial charge in [0.05, 0.1) is 12.2 Å². The highest BCUT2D eigenvalue weighted by molar-refractivity contribution is 5.87. The SMILES string of the molecule is O=C1N(Cc2ccccn2)CCCC12CCCN2Cc1ccccc1. The molecule has 1 aromatic carbocycles. The lowest BCUT2D eigenvalue weighted by Gasteiger charge is -2.44. The van der Waals surface area contributed by atoms with Crippen molar-refractivity contribution in [1.29, 1.82) is 0 Å². The van der Waals surface area contributed by atoms with Crippen molar-refractivity contribution in [3.05, 3.63) is 66.0 Å². The number of carbonyl (C=O) groups is 1. The molecule has 4 heteroatoms. The number of rotatable bonds is 4. The molecule has 0 saturated carbocycles. The molecule has 2 saturated heterocycles. The Kier molecular flexibility index (Phi) is 4.53. The van der Waals surface area contributed by atoms with Gasteiger partial charge in [0, 0.05) is 19.3 Å². The molecule has 1 unspecified atom stereocenters. The molecule has 2 fully saturated rings. The lowest BCUT2D eigenvalue weighted by Crippen LogP contribution is -2.59. The molecule has 25 heavy (non-hydrogen) atoms. The van der Waals surface area contributed by atoms with Crippen LogP contribution in [-0.2, 0) is 17.9 Å². The Labute approximate surface area is 149 Å². The summed E-state index contributed by atoms with van der Waals surface area (Å²) in [6.45, 7) is 3.35. The fraction of sp³-hybridized carbons (Fsp3) is 0.429. The second-order valence-electron chi connectivity index (χ2n) is 7.19. The Balaban J connectivity index is 1.54. The Morgan fingerprint density at radius 2 is 1.68 bits per heavy atom. The van der Waals surface area contributed by atoms with Crippen molar-refractivity contribution in [3.63, 3.8) is 0 Å². The molecule has 2 aliphatic rings. The fourth-order valence-corrected chi connectivity index (χ4v) is 4.40. The number of hydrogen-bond acceptors (Lipinski definition) is 3. The molecule has 2 aliphatic heterocycles. The normalized spacial score (nSPS) is 24.2. The summed E-state index contributed by atoms with van der Waals surface area (Å²) in [4.78, 5) is 22.3. The number of aromatic nitrogens is 1. The first-order valence-corrected chi connectivity index (χ1v) is 9.26. The fourth-order valence-electron chi connectivity index (χ4n) is 4.40. The van der Waals surface area contributed by atoms with Gasteiger partial charge in [0.15, 0.2) is 0 Å². The van der Waals surface area contributed by atoms with E-state index >= 15 is 0 Å². The van der Waals surface area contributed by atoms with Gasteiger partial charge in [-0.2, -0.15) is 0 Å². The van der Waals surface area contributed by atoms with Gasteiger partial charge in [-0.1, -0.05) is 36.4 Å². The predicted octanol–water partition coefficient (Wildman–Crippen LogP) is 3.24. The van der Waals surface area contributed by atoms with Crippen LogP contribution in [0.5, 0.6) is 0 Å². The number of pyridine rings is 1. The van der Waals surface area contributed by atoms with Gasteiger partial charge in [0.25, 0.3) is 0 Å². The highest BCUT2D eigenvalue weighted by Crippen LogP contribution is 2.39. The summed E-state index contributed by atoms with van der Waals surface area (Å²) in [5.74, 6) is 0.304. The molecular weight excluding hydrogens is 310 g/mol. The van der Waals surface area contributed by atoms with Crippen molar-refractivity contribution in [2.24, 2.45) is 0 Å². The maximum atomic E-state index is 13.4. The number of likely N-dealkylation sites (tertiary alicyclic amines) is 2. The van der Waals surface area contributed by atoms with Crippen LogP contribution < -0.4 is 0 Å². The molecule has 1 atom stereocenters. The highest BCUT2D eigenvalue weighted by atomic mass is 16.2. The Morgan fingerprint density at radius 3 is 2.44 bits per heavy atom. The lowest BCUT2D eigenvalue weighted by atomic mass is 9.85. The number of carbonyl (C=O) groups excluding carboxylic acids is 1. The van der Waals surface area contributed by atoms with Crippen LogP contribution in [0.4, 0.5) is 0 Å². The third-order valence-electron chi connectivity index (χ3n) is 5.62. The predicted molar refractivity (Wildman–Crippen MR) is 97.7 cm³/mol. The van der Waals surface area contributed by atoms with E-state index in [0.29, 0.717) is 12.5 Å². The van der Waals surface area contributed by atoms with E-state index in [-0.39, 0.29) is 5.54 Å². The van der Waals surface area contributed by atoms with Gasteiger partial charge in [0.1, 0.15) is 5.54 Å². The van der Waals surface area contributed by atoms with Crippen LogP contribution in [0.2, 0.25) is 0 Å². The Bertz CT molecular complexity index is 718. The second-order valence-corrected chi connectivity index (χ2v) is 7.19. The van der Waals surface area contributed by atoms with Gasteiger partial charge in [-0.3, -0.25) is 14.7 Å². The van der Waals surface area contributed by atoms with Crippen LogP contribution in [0, 0.1) is 0 Å². The van der Waals surface area contributed by atoms with Crippen LogP contribution in [0.25, 0.3) is 0 Å². The van der Waals surface area contributed by atoms with Crippen LogP contribution in [0.1, 0.15) is 36.9 Å². The Morgan fingerprint density at radius 1 is 0.920 bits per heavy atom. The zero-order chi connectivity index (χ0) is 17.1. The van der Waals surface area contributed by atoms with E-state index in [0.717, 1.165) is 51.0 Å². The monoisotopic (exact) mass is 335 g/mol. The van der Waals surface area contributed by atoms with Crippen molar-refractivity contribution in [3.8, 4) is 0 Å². The minimum atomic E-state index is -0.303. The van der Waals surface area contributed by atoms with E-state index in [2.05, 4.69) is 34.1 Å². The maximum Gasteiger partial charge on any atom is 0.243 e. The zero-order valence-corrected chi connectivity index (χ0v) is 14.6. The minimum absolute atomic E-state index is 0.303. The molecule has 1 aromatic heterocycles. The quantitative estimate of drug-likeness (QED) is 0.861. The number of amides is 1. The summed E-state index contributed by atoms with van der Waals surface area (Å²) < 4.78 is 0. The van der Waals surface area contributed by atoms with E-state index in [1.807, 2.05) is 29.2 Å². The second kappa shape index (κ2) is 6.96. The summed E-state index contributed by atoms with van der Waals surface area (Å²) in [5, 5.41) is 0. The van der Waals surface area contributed by atoms with Crippen LogP contribution in [0.15, 0.2) is 54.7 Å². The summed E-state index contributed by atoms with van der Waals surface area (Å²) in [7, 11) is 0. The molecule has 3 heterocycles. The zero-order valence-electron chi connectivity index (χ0n) is 14.6. The molecule has 0 radical (unpaired) electrons.